The second-order valence-electron chi connectivity index (χ2n) is 9.20. The van der Waals surface area contributed by atoms with Crippen molar-refractivity contribution in [3.05, 3.63) is 87.5 Å². The van der Waals surface area contributed by atoms with E-state index in [2.05, 4.69) is 117 Å². The minimum Gasteiger partial charge on any atom is -1.00 e. The minimum atomic E-state index is 0. The molecule has 0 fully saturated rings. The van der Waals surface area contributed by atoms with Crippen molar-refractivity contribution in [2.24, 2.45) is 5.92 Å². The monoisotopic (exact) mass is 586 g/mol. The van der Waals surface area contributed by atoms with Crippen LogP contribution in [0.1, 0.15) is 49.9 Å². The number of rotatable bonds is 1. The van der Waals surface area contributed by atoms with Gasteiger partial charge in [-0.05, 0) is 20.8 Å². The minimum absolute atomic E-state index is 0. The molecule has 3 aromatic carbocycles. The van der Waals surface area contributed by atoms with Gasteiger partial charge < -0.3 is 24.8 Å². The number of hydrogen-bond acceptors (Lipinski definition) is 0. The molecule has 1 aliphatic rings. The van der Waals surface area contributed by atoms with Gasteiger partial charge in [-0.2, -0.15) is 11.1 Å². The van der Waals surface area contributed by atoms with E-state index in [0.717, 1.165) is 0 Å². The first-order chi connectivity index (χ1) is 15.0. The molecule has 0 bridgehead atoms. The molecule has 1 unspecified atom stereocenters. The van der Waals surface area contributed by atoms with Gasteiger partial charge in [0.15, 0.2) is 0 Å². The van der Waals surface area contributed by atoms with Crippen LogP contribution >= 0.6 is 0 Å². The molecule has 4 rings (SSSR count). The maximum Gasteiger partial charge on any atom is -0.0408 e. The zero-order valence-electron chi connectivity index (χ0n) is 22.4. The smallest absolute Gasteiger partial charge is 0.0408 e. The van der Waals surface area contributed by atoms with Crippen LogP contribution in [-0.2, 0) is 23.3 Å². The van der Waals surface area contributed by atoms with E-state index < -0.39 is 0 Å². The molecule has 0 heterocycles. The Balaban J connectivity index is 0.000000614. The van der Waals surface area contributed by atoms with Crippen molar-refractivity contribution in [2.45, 2.75) is 68.5 Å². The van der Waals surface area contributed by atoms with Gasteiger partial charge in [0.25, 0.3) is 0 Å². The Morgan fingerprint density at radius 3 is 1.74 bits per heavy atom. The summed E-state index contributed by atoms with van der Waals surface area (Å²) in [6.07, 6.45) is 3.36. The molecule has 0 spiro atoms. The van der Waals surface area contributed by atoms with Crippen molar-refractivity contribution in [1.82, 2.24) is 0 Å². The molecule has 0 radical (unpaired) electrons. The van der Waals surface area contributed by atoms with Crippen LogP contribution in [0.4, 0.5) is 0 Å². The summed E-state index contributed by atoms with van der Waals surface area (Å²) in [5.41, 5.74) is 12.8. The summed E-state index contributed by atoms with van der Waals surface area (Å²) in [5.74, 6) is 0.560. The van der Waals surface area contributed by atoms with Crippen molar-refractivity contribution in [1.29, 1.82) is 0 Å². The number of halogens is 2. The van der Waals surface area contributed by atoms with E-state index in [1.165, 1.54) is 60.9 Å². The maximum absolute atomic E-state index is 3.36. The predicted molar refractivity (Wildman–Crippen MR) is 141 cm³/mol. The molecule has 34 heavy (non-hydrogen) atoms. The van der Waals surface area contributed by atoms with E-state index in [-0.39, 0.29) is 30.2 Å². The SMILES string of the molecule is CC1=[C-]C(C)C(C)=C1C.C[Si](C)=[Zr+2].Cc1c(C)c(C)c2c(-c3ccccc3)c[cH-]c2c1C.[Cl-].[Cl-]. The van der Waals surface area contributed by atoms with Crippen LogP contribution in [-0.4, -0.2) is 5.43 Å². The molecule has 0 saturated carbocycles. The van der Waals surface area contributed by atoms with Crippen molar-refractivity contribution in [3.63, 3.8) is 0 Å². The predicted octanol–water partition coefficient (Wildman–Crippen LogP) is 2.97. The standard InChI is InChI=1S/C19H19.C9H13.C2H6Si.2ClH.Zr/c1-12-13(2)15(4)19-17(14(12)3)10-11-18(19)16-8-6-5-7-9-16;1-6-5-7(2)9(4)8(6)3;1-3-2;;;/h5-11H,1-4H3;6H,1-4H3;1-2H3;2*1H;/q2*-1;;;;+2/p-2. The second kappa shape index (κ2) is 14.7. The van der Waals surface area contributed by atoms with Gasteiger partial charge in [-0.25, -0.2) is 5.57 Å². The van der Waals surface area contributed by atoms with Gasteiger partial charge in [0.1, 0.15) is 0 Å². The molecule has 0 amide bonds. The average Bonchev–Trinajstić information content (AvgIpc) is 3.29. The fourth-order valence-electron chi connectivity index (χ4n) is 4.17. The quantitative estimate of drug-likeness (QED) is 0.303. The number of benzene rings is 2. The summed E-state index contributed by atoms with van der Waals surface area (Å²) in [6, 6.07) is 15.2. The molecule has 4 heteroatoms. The van der Waals surface area contributed by atoms with Gasteiger partial charge >= 0.3 is 41.9 Å². The Hall–Kier alpha value is -0.790. The van der Waals surface area contributed by atoms with Gasteiger partial charge in [0.05, 0.1) is 0 Å². The van der Waals surface area contributed by atoms with Crippen LogP contribution < -0.4 is 24.8 Å². The summed E-state index contributed by atoms with van der Waals surface area (Å²) in [7, 11) is 0. The van der Waals surface area contributed by atoms with Crippen LogP contribution in [0.3, 0.4) is 0 Å². The number of hydrogen-bond donors (Lipinski definition) is 0. The van der Waals surface area contributed by atoms with E-state index in [0.29, 0.717) is 5.92 Å². The largest absolute Gasteiger partial charge is 1.00 e. The van der Waals surface area contributed by atoms with Crippen LogP contribution in [0.2, 0.25) is 13.1 Å². The molecular formula is C30H38Cl2SiZr-2. The normalized spacial score (nSPS) is 14.2. The average molecular weight is 589 g/mol. The first-order valence-corrected chi connectivity index (χ1v) is 17.7. The third kappa shape index (κ3) is 7.86. The molecule has 182 valence electrons. The van der Waals surface area contributed by atoms with Crippen molar-refractivity contribution < 1.29 is 48.1 Å². The molecule has 0 aromatic heterocycles. The fourth-order valence-corrected chi connectivity index (χ4v) is 4.17. The van der Waals surface area contributed by atoms with Gasteiger partial charge in [-0.15, -0.1) is 41.0 Å². The molecule has 0 N–H and O–H groups in total. The Kier molecular flexibility index (Phi) is 14.4. The van der Waals surface area contributed by atoms with Crippen LogP contribution in [0.25, 0.3) is 21.9 Å². The van der Waals surface area contributed by atoms with E-state index in [4.69, 9.17) is 0 Å². The van der Waals surface area contributed by atoms with Crippen LogP contribution in [0.5, 0.6) is 0 Å². The topological polar surface area (TPSA) is 0 Å². The summed E-state index contributed by atoms with van der Waals surface area (Å²) in [5, 5.41) is 2.83. The van der Waals surface area contributed by atoms with Gasteiger partial charge in [-0.1, -0.05) is 86.2 Å². The number of allylic oxidation sites excluding steroid dienone is 4. The van der Waals surface area contributed by atoms with Gasteiger partial charge in [0, 0.05) is 0 Å². The molecule has 1 aliphatic carbocycles. The van der Waals surface area contributed by atoms with E-state index in [9.17, 15) is 0 Å². The molecule has 3 aromatic rings. The van der Waals surface area contributed by atoms with Crippen LogP contribution in [0, 0.1) is 39.7 Å². The Bertz CT molecular complexity index is 1180. The van der Waals surface area contributed by atoms with E-state index in [1.54, 1.807) is 23.3 Å². The zero-order valence-corrected chi connectivity index (χ0v) is 27.3. The summed E-state index contributed by atoms with van der Waals surface area (Å²) >= 11 is 1.74. The maximum atomic E-state index is 3.36. The molecule has 0 nitrogen and oxygen atoms in total. The van der Waals surface area contributed by atoms with Crippen molar-refractivity contribution in [2.75, 3.05) is 0 Å². The second-order valence-corrected chi connectivity index (χ2v) is 18.6. The number of fused-ring (bicyclic) bond motifs is 1. The first-order valence-electron chi connectivity index (χ1n) is 11.5. The van der Waals surface area contributed by atoms with E-state index in [1.807, 2.05) is 0 Å². The van der Waals surface area contributed by atoms with E-state index >= 15 is 0 Å². The fraction of sp³-hybridized carbons (Fsp3) is 0.367. The Labute approximate surface area is 235 Å². The first kappa shape index (κ1) is 33.2. The summed E-state index contributed by atoms with van der Waals surface area (Å²) in [6.45, 7) is 22.2. The van der Waals surface area contributed by atoms with Gasteiger partial charge in [0.2, 0.25) is 0 Å². The zero-order chi connectivity index (χ0) is 24.2. The van der Waals surface area contributed by atoms with Crippen LogP contribution in [0.15, 0.2) is 59.2 Å². The third-order valence-corrected chi connectivity index (χ3v) is 6.74. The molecular weight excluding hydrogens is 551 g/mol. The molecule has 0 aliphatic heterocycles. The van der Waals surface area contributed by atoms with Crippen molar-refractivity contribution >= 4 is 16.2 Å². The Morgan fingerprint density at radius 1 is 0.824 bits per heavy atom. The number of aryl methyl sites for hydroxylation is 2. The van der Waals surface area contributed by atoms with Gasteiger partial charge in [-0.3, -0.25) is 6.08 Å². The molecule has 0 saturated heterocycles. The molecule has 1 atom stereocenters. The Morgan fingerprint density at radius 2 is 1.32 bits per heavy atom. The van der Waals surface area contributed by atoms with Crippen molar-refractivity contribution in [3.8, 4) is 11.1 Å². The summed E-state index contributed by atoms with van der Waals surface area (Å²) in [4.78, 5) is 0. The summed E-state index contributed by atoms with van der Waals surface area (Å²) < 4.78 is 0. The third-order valence-electron chi connectivity index (χ3n) is 6.74.